The minimum absolute atomic E-state index is 0.124. The van der Waals surface area contributed by atoms with E-state index in [0.717, 1.165) is 0 Å². The van der Waals surface area contributed by atoms with Crippen molar-refractivity contribution in [3.05, 3.63) is 5.82 Å². The van der Waals surface area contributed by atoms with E-state index in [0.29, 0.717) is 5.82 Å². The number of tetrazole rings is 1. The van der Waals surface area contributed by atoms with E-state index in [9.17, 15) is 4.79 Å². The Morgan fingerprint density at radius 1 is 1.80 bits per heavy atom. The van der Waals surface area contributed by atoms with Crippen molar-refractivity contribution >= 4 is 5.91 Å². The molecule has 6 nitrogen and oxygen atoms in total. The highest BCUT2D eigenvalue weighted by atomic mass is 16.1. The quantitative estimate of drug-likeness (QED) is 0.524. The molecule has 0 aromatic carbocycles. The summed E-state index contributed by atoms with van der Waals surface area (Å²) in [5.41, 5.74) is 0. The van der Waals surface area contributed by atoms with Gasteiger partial charge in [-0.05, 0) is 0 Å². The maximum atomic E-state index is 10.6. The first-order valence-electron chi connectivity index (χ1n) is 2.76. The maximum absolute atomic E-state index is 10.6. The van der Waals surface area contributed by atoms with Gasteiger partial charge in [-0.15, -0.1) is 10.2 Å². The summed E-state index contributed by atoms with van der Waals surface area (Å²) in [7, 11) is 1.56. The molecule has 2 N–H and O–H groups in total. The summed E-state index contributed by atoms with van der Waals surface area (Å²) in [4.78, 5) is 10.6. The lowest BCUT2D eigenvalue weighted by molar-refractivity contribution is -0.120. The Kier molecular flexibility index (Phi) is 1.93. The molecule has 1 aromatic rings. The second-order valence-electron chi connectivity index (χ2n) is 1.68. The van der Waals surface area contributed by atoms with Crippen LogP contribution in [0.5, 0.6) is 0 Å². The first-order valence-corrected chi connectivity index (χ1v) is 2.76. The number of nitrogens with zero attached hydrogens (tertiary/aromatic N) is 3. The Bertz CT molecular complexity index is 205. The Hall–Kier alpha value is -1.46. The number of hydrogen-bond donors (Lipinski definition) is 2. The first kappa shape index (κ1) is 6.66. The molecule has 0 unspecified atom stereocenters. The number of carbonyl (C=O) groups excluding carboxylic acids is 1. The molecule has 0 atom stereocenters. The van der Waals surface area contributed by atoms with Crippen LogP contribution in [0.4, 0.5) is 0 Å². The number of carbonyl (C=O) groups is 1. The van der Waals surface area contributed by atoms with E-state index in [1.807, 2.05) is 0 Å². The standard InChI is InChI=1S/C4H7N5O/c1-5-4(10)2-3-6-8-9-7-3/h2H2,1H3,(H,5,10)(H,6,7,8,9). The summed E-state index contributed by atoms with van der Waals surface area (Å²) in [6.45, 7) is 0. The summed E-state index contributed by atoms with van der Waals surface area (Å²) in [5, 5.41) is 15.2. The lowest BCUT2D eigenvalue weighted by Gasteiger charge is -1.91. The number of H-pyrrole nitrogens is 1. The predicted octanol–water partition coefficient (Wildman–Crippen LogP) is -1.51. The van der Waals surface area contributed by atoms with Gasteiger partial charge in [0.25, 0.3) is 0 Å². The van der Waals surface area contributed by atoms with Crippen molar-refractivity contribution in [3.63, 3.8) is 0 Å². The molecule has 0 aliphatic heterocycles. The van der Waals surface area contributed by atoms with Gasteiger partial charge in [-0.25, -0.2) is 0 Å². The highest BCUT2D eigenvalue weighted by Crippen LogP contribution is 1.83. The second-order valence-corrected chi connectivity index (χ2v) is 1.68. The normalized spacial score (nSPS) is 9.30. The van der Waals surface area contributed by atoms with Crippen LogP contribution in [0.3, 0.4) is 0 Å². The van der Waals surface area contributed by atoms with Gasteiger partial charge >= 0.3 is 0 Å². The Labute approximate surface area is 57.0 Å². The van der Waals surface area contributed by atoms with E-state index in [2.05, 4.69) is 25.9 Å². The van der Waals surface area contributed by atoms with Crippen LogP contribution in [0.1, 0.15) is 5.82 Å². The number of likely N-dealkylation sites (N-methyl/N-ethyl adjacent to an activating group) is 1. The number of nitrogens with one attached hydrogen (secondary N) is 2. The SMILES string of the molecule is CNC(=O)Cc1nn[nH]n1. The van der Waals surface area contributed by atoms with Crippen molar-refractivity contribution in [2.24, 2.45) is 0 Å². The highest BCUT2D eigenvalue weighted by molar-refractivity contribution is 5.77. The zero-order valence-electron chi connectivity index (χ0n) is 5.46. The molecule has 6 heteroatoms. The van der Waals surface area contributed by atoms with Crippen molar-refractivity contribution in [2.45, 2.75) is 6.42 Å². The van der Waals surface area contributed by atoms with Crippen LogP contribution in [-0.4, -0.2) is 33.6 Å². The second kappa shape index (κ2) is 2.90. The van der Waals surface area contributed by atoms with Crippen molar-refractivity contribution in [2.75, 3.05) is 7.05 Å². The van der Waals surface area contributed by atoms with Crippen LogP contribution in [0.2, 0.25) is 0 Å². The Balaban J connectivity index is 2.48. The number of amides is 1. The highest BCUT2D eigenvalue weighted by Gasteiger charge is 2.03. The average molecular weight is 141 g/mol. The van der Waals surface area contributed by atoms with Crippen LogP contribution >= 0.6 is 0 Å². The topological polar surface area (TPSA) is 83.6 Å². The fraction of sp³-hybridized carbons (Fsp3) is 0.500. The van der Waals surface area contributed by atoms with Gasteiger partial charge in [0.1, 0.15) is 0 Å². The lowest BCUT2D eigenvalue weighted by Crippen LogP contribution is -2.20. The van der Waals surface area contributed by atoms with Gasteiger partial charge in [-0.3, -0.25) is 4.79 Å². The third-order valence-corrected chi connectivity index (χ3v) is 0.987. The smallest absolute Gasteiger partial charge is 0.227 e. The molecule has 0 fully saturated rings. The minimum atomic E-state index is -0.124. The molecule has 10 heavy (non-hydrogen) atoms. The number of aromatic amines is 1. The van der Waals surface area contributed by atoms with Gasteiger partial charge in [0.15, 0.2) is 5.82 Å². The van der Waals surface area contributed by atoms with E-state index >= 15 is 0 Å². The predicted molar refractivity (Wildman–Crippen MR) is 31.9 cm³/mol. The molecule has 1 heterocycles. The van der Waals surface area contributed by atoms with E-state index in [4.69, 9.17) is 0 Å². The monoisotopic (exact) mass is 141 g/mol. The molecule has 1 amide bonds. The van der Waals surface area contributed by atoms with Crippen LogP contribution < -0.4 is 5.32 Å². The van der Waals surface area contributed by atoms with Crippen LogP contribution in [-0.2, 0) is 11.2 Å². The molecule has 1 aromatic heterocycles. The van der Waals surface area contributed by atoms with Gasteiger partial charge in [0.05, 0.1) is 6.42 Å². The third kappa shape index (κ3) is 1.51. The molecule has 0 saturated carbocycles. The van der Waals surface area contributed by atoms with Gasteiger partial charge in [0.2, 0.25) is 5.91 Å². The Morgan fingerprint density at radius 3 is 3.10 bits per heavy atom. The fourth-order valence-electron chi connectivity index (χ4n) is 0.489. The van der Waals surface area contributed by atoms with Crippen molar-refractivity contribution in [1.29, 1.82) is 0 Å². The average Bonchev–Trinajstić information content (AvgIpc) is 2.40. The molecule has 0 aliphatic carbocycles. The van der Waals surface area contributed by atoms with E-state index in [-0.39, 0.29) is 12.3 Å². The molecular formula is C4H7N5O. The van der Waals surface area contributed by atoms with Crippen LogP contribution in [0.15, 0.2) is 0 Å². The molecule has 0 radical (unpaired) electrons. The summed E-state index contributed by atoms with van der Waals surface area (Å²) in [6, 6.07) is 0. The molecule has 0 saturated heterocycles. The van der Waals surface area contributed by atoms with E-state index in [1.54, 1.807) is 7.05 Å². The molecular weight excluding hydrogens is 134 g/mol. The summed E-state index contributed by atoms with van der Waals surface area (Å²) in [5.74, 6) is 0.278. The molecule has 0 bridgehead atoms. The Morgan fingerprint density at radius 2 is 2.60 bits per heavy atom. The van der Waals surface area contributed by atoms with Crippen LogP contribution in [0, 0.1) is 0 Å². The zero-order chi connectivity index (χ0) is 7.40. The molecule has 0 aliphatic rings. The maximum Gasteiger partial charge on any atom is 0.227 e. The zero-order valence-corrected chi connectivity index (χ0v) is 5.46. The number of rotatable bonds is 2. The number of hydrogen-bond acceptors (Lipinski definition) is 4. The minimum Gasteiger partial charge on any atom is -0.359 e. The van der Waals surface area contributed by atoms with Crippen molar-refractivity contribution in [3.8, 4) is 0 Å². The van der Waals surface area contributed by atoms with E-state index < -0.39 is 0 Å². The van der Waals surface area contributed by atoms with Crippen molar-refractivity contribution < 1.29 is 4.79 Å². The van der Waals surface area contributed by atoms with Crippen molar-refractivity contribution in [1.82, 2.24) is 25.9 Å². The largest absolute Gasteiger partial charge is 0.359 e. The number of aromatic nitrogens is 4. The summed E-state index contributed by atoms with van der Waals surface area (Å²) in [6.07, 6.45) is 0.174. The first-order chi connectivity index (χ1) is 4.83. The molecule has 54 valence electrons. The summed E-state index contributed by atoms with van der Waals surface area (Å²) < 4.78 is 0. The van der Waals surface area contributed by atoms with Crippen LogP contribution in [0.25, 0.3) is 0 Å². The van der Waals surface area contributed by atoms with Gasteiger partial charge < -0.3 is 5.32 Å². The molecule has 1 rings (SSSR count). The lowest BCUT2D eigenvalue weighted by atomic mass is 10.4. The van der Waals surface area contributed by atoms with Gasteiger partial charge in [-0.1, -0.05) is 5.21 Å². The van der Waals surface area contributed by atoms with Gasteiger partial charge in [0, 0.05) is 7.05 Å². The third-order valence-electron chi connectivity index (χ3n) is 0.987. The molecule has 0 spiro atoms. The summed E-state index contributed by atoms with van der Waals surface area (Å²) >= 11 is 0. The fourth-order valence-corrected chi connectivity index (χ4v) is 0.489. The van der Waals surface area contributed by atoms with E-state index in [1.165, 1.54) is 0 Å². The van der Waals surface area contributed by atoms with Gasteiger partial charge in [-0.2, -0.15) is 5.21 Å².